The summed E-state index contributed by atoms with van der Waals surface area (Å²) in [5.74, 6) is -1.10. The molecule has 0 saturated heterocycles. The van der Waals surface area contributed by atoms with Crippen molar-refractivity contribution in [2.45, 2.75) is 45.1 Å². The van der Waals surface area contributed by atoms with E-state index in [0.717, 1.165) is 6.42 Å². The van der Waals surface area contributed by atoms with Gasteiger partial charge in [-0.3, -0.25) is 4.79 Å². The van der Waals surface area contributed by atoms with Crippen LogP contribution in [0.2, 0.25) is 0 Å². The number of hydrogen-bond donors (Lipinski definition) is 2. The highest BCUT2D eigenvalue weighted by atomic mass is 32.2. The van der Waals surface area contributed by atoms with Crippen LogP contribution < -0.4 is 4.72 Å². The molecule has 0 aromatic carbocycles. The highest BCUT2D eigenvalue weighted by Gasteiger charge is 2.29. The van der Waals surface area contributed by atoms with Gasteiger partial charge in [-0.15, -0.1) is 0 Å². The zero-order valence-corrected chi connectivity index (χ0v) is 11.7. The molecule has 0 aliphatic heterocycles. The number of rotatable bonds is 6. The van der Waals surface area contributed by atoms with Gasteiger partial charge in [0.1, 0.15) is 0 Å². The number of nitrogens with one attached hydrogen (secondary N) is 1. The van der Waals surface area contributed by atoms with Crippen LogP contribution in [0.3, 0.4) is 0 Å². The van der Waals surface area contributed by atoms with Crippen LogP contribution in [0.1, 0.15) is 39.0 Å². The molecule has 6 nitrogen and oxygen atoms in total. The normalized spacial score (nSPS) is 25.3. The maximum absolute atomic E-state index is 11.9. The maximum Gasteiger partial charge on any atom is 0.306 e. The first-order valence-electron chi connectivity index (χ1n) is 6.33. The largest absolute Gasteiger partial charge is 0.481 e. The molecule has 0 amide bonds. The first-order chi connectivity index (χ1) is 8.36. The van der Waals surface area contributed by atoms with Crippen LogP contribution in [-0.2, 0) is 15.0 Å². The molecule has 0 aromatic heterocycles. The summed E-state index contributed by atoms with van der Waals surface area (Å²) in [6.07, 6.45) is 3.04. The highest BCUT2D eigenvalue weighted by molar-refractivity contribution is 7.87. The lowest BCUT2D eigenvalue weighted by Crippen LogP contribution is -2.45. The second kappa shape index (κ2) is 6.49. The van der Waals surface area contributed by atoms with E-state index in [0.29, 0.717) is 32.2 Å². The van der Waals surface area contributed by atoms with Gasteiger partial charge in [-0.2, -0.15) is 17.4 Å². The summed E-state index contributed by atoms with van der Waals surface area (Å²) in [7, 11) is -1.87. The lowest BCUT2D eigenvalue weighted by Gasteiger charge is -2.28. The Kier molecular flexibility index (Phi) is 5.55. The van der Waals surface area contributed by atoms with E-state index in [-0.39, 0.29) is 12.0 Å². The van der Waals surface area contributed by atoms with Crippen LogP contribution >= 0.6 is 0 Å². The zero-order chi connectivity index (χ0) is 13.8. The molecule has 7 heteroatoms. The summed E-state index contributed by atoms with van der Waals surface area (Å²) in [6, 6.07) is -0.134. The van der Waals surface area contributed by atoms with Gasteiger partial charge in [-0.25, -0.2) is 0 Å². The van der Waals surface area contributed by atoms with E-state index in [4.69, 9.17) is 5.11 Å². The summed E-state index contributed by atoms with van der Waals surface area (Å²) in [4.78, 5) is 10.8. The molecule has 0 heterocycles. The van der Waals surface area contributed by atoms with Gasteiger partial charge in [0.25, 0.3) is 10.2 Å². The Bertz CT molecular complexity index is 375. The Morgan fingerprint density at radius 3 is 2.33 bits per heavy atom. The number of aliphatic carboxylic acids is 1. The first kappa shape index (κ1) is 15.4. The summed E-state index contributed by atoms with van der Waals surface area (Å²) in [5.41, 5.74) is 0. The minimum absolute atomic E-state index is 0.134. The van der Waals surface area contributed by atoms with Crippen molar-refractivity contribution in [3.05, 3.63) is 0 Å². The van der Waals surface area contributed by atoms with E-state index < -0.39 is 16.2 Å². The van der Waals surface area contributed by atoms with Gasteiger partial charge >= 0.3 is 5.97 Å². The molecule has 0 bridgehead atoms. The Labute approximate surface area is 109 Å². The fourth-order valence-corrected chi connectivity index (χ4v) is 3.45. The summed E-state index contributed by atoms with van der Waals surface area (Å²) < 4.78 is 27.8. The first-order valence-corrected chi connectivity index (χ1v) is 7.77. The Balaban J connectivity index is 2.47. The third kappa shape index (κ3) is 4.22. The average Bonchev–Trinajstić information content (AvgIpc) is 2.29. The number of carbonyl (C=O) groups is 1. The lowest BCUT2D eigenvalue weighted by atomic mass is 9.87. The van der Waals surface area contributed by atoms with Crippen molar-refractivity contribution in [3.63, 3.8) is 0 Å². The molecule has 1 aliphatic rings. The van der Waals surface area contributed by atoms with Crippen molar-refractivity contribution < 1.29 is 18.3 Å². The topological polar surface area (TPSA) is 86.7 Å². The van der Waals surface area contributed by atoms with Crippen molar-refractivity contribution in [1.82, 2.24) is 9.03 Å². The standard InChI is InChI=1S/C11H22N2O4S/c1-3-8-13(2)18(16,17)12-10-6-4-9(5-7-10)11(14)15/h9-10,12H,3-8H2,1-2H3,(H,14,15). The third-order valence-electron chi connectivity index (χ3n) is 3.34. The van der Waals surface area contributed by atoms with Crippen molar-refractivity contribution in [2.24, 2.45) is 5.92 Å². The highest BCUT2D eigenvalue weighted by Crippen LogP contribution is 2.24. The van der Waals surface area contributed by atoms with Gasteiger partial charge in [0.15, 0.2) is 0 Å². The van der Waals surface area contributed by atoms with Crippen LogP contribution in [-0.4, -0.2) is 43.4 Å². The Morgan fingerprint density at radius 2 is 1.89 bits per heavy atom. The van der Waals surface area contributed by atoms with Crippen molar-refractivity contribution in [3.8, 4) is 0 Å². The zero-order valence-electron chi connectivity index (χ0n) is 10.9. The molecule has 0 spiro atoms. The fraction of sp³-hybridized carbons (Fsp3) is 0.909. The second-order valence-corrected chi connectivity index (χ2v) is 6.64. The minimum atomic E-state index is -3.42. The summed E-state index contributed by atoms with van der Waals surface area (Å²) >= 11 is 0. The molecular weight excluding hydrogens is 256 g/mol. The van der Waals surface area contributed by atoms with E-state index >= 15 is 0 Å². The van der Waals surface area contributed by atoms with Crippen LogP contribution in [0.15, 0.2) is 0 Å². The van der Waals surface area contributed by atoms with Crippen molar-refractivity contribution in [2.75, 3.05) is 13.6 Å². The summed E-state index contributed by atoms with van der Waals surface area (Å²) in [6.45, 7) is 2.41. The third-order valence-corrected chi connectivity index (χ3v) is 4.98. The Morgan fingerprint density at radius 1 is 1.33 bits per heavy atom. The lowest BCUT2D eigenvalue weighted by molar-refractivity contribution is -0.142. The molecule has 0 radical (unpaired) electrons. The van der Waals surface area contributed by atoms with Gasteiger partial charge in [0, 0.05) is 19.6 Å². The van der Waals surface area contributed by atoms with E-state index in [2.05, 4.69) is 4.72 Å². The number of nitrogens with zero attached hydrogens (tertiary/aromatic N) is 1. The number of hydrogen-bond acceptors (Lipinski definition) is 3. The quantitative estimate of drug-likeness (QED) is 0.752. The molecule has 18 heavy (non-hydrogen) atoms. The number of carboxylic acids is 1. The maximum atomic E-state index is 11.9. The molecule has 1 rings (SSSR count). The van der Waals surface area contributed by atoms with Crippen LogP contribution in [0.5, 0.6) is 0 Å². The van der Waals surface area contributed by atoms with Gasteiger partial charge in [0.05, 0.1) is 5.92 Å². The SMILES string of the molecule is CCCN(C)S(=O)(=O)NC1CCC(C(=O)O)CC1. The fourth-order valence-electron chi connectivity index (χ4n) is 2.19. The van der Waals surface area contributed by atoms with Crippen LogP contribution in [0.4, 0.5) is 0 Å². The predicted molar refractivity (Wildman–Crippen MR) is 68.4 cm³/mol. The van der Waals surface area contributed by atoms with Gasteiger partial charge < -0.3 is 5.11 Å². The smallest absolute Gasteiger partial charge is 0.306 e. The molecule has 106 valence electrons. The number of carboxylic acid groups (broad SMARTS) is 1. The van der Waals surface area contributed by atoms with Gasteiger partial charge in [-0.1, -0.05) is 6.92 Å². The molecule has 0 aromatic rings. The van der Waals surface area contributed by atoms with E-state index in [9.17, 15) is 13.2 Å². The van der Waals surface area contributed by atoms with Gasteiger partial charge in [0.2, 0.25) is 0 Å². The predicted octanol–water partition coefficient (Wildman–Crippen LogP) is 0.806. The van der Waals surface area contributed by atoms with E-state index in [1.165, 1.54) is 4.31 Å². The summed E-state index contributed by atoms with van der Waals surface area (Å²) in [5, 5.41) is 8.87. The Hall–Kier alpha value is -0.660. The molecule has 0 atom stereocenters. The minimum Gasteiger partial charge on any atom is -0.481 e. The molecule has 1 saturated carbocycles. The van der Waals surface area contributed by atoms with Crippen LogP contribution in [0, 0.1) is 5.92 Å². The average molecular weight is 278 g/mol. The van der Waals surface area contributed by atoms with Gasteiger partial charge in [-0.05, 0) is 32.1 Å². The molecule has 1 aliphatic carbocycles. The van der Waals surface area contributed by atoms with Crippen LogP contribution in [0.25, 0.3) is 0 Å². The molecule has 1 fully saturated rings. The monoisotopic (exact) mass is 278 g/mol. The molecular formula is C11H22N2O4S. The van der Waals surface area contributed by atoms with E-state index in [1.807, 2.05) is 6.92 Å². The second-order valence-electron chi connectivity index (χ2n) is 4.83. The van der Waals surface area contributed by atoms with Crippen molar-refractivity contribution >= 4 is 16.2 Å². The van der Waals surface area contributed by atoms with Crippen molar-refractivity contribution in [1.29, 1.82) is 0 Å². The molecule has 0 unspecified atom stereocenters. The molecule has 2 N–H and O–H groups in total. The van der Waals surface area contributed by atoms with E-state index in [1.54, 1.807) is 7.05 Å².